The predicted molar refractivity (Wildman–Crippen MR) is 135 cm³/mol. The minimum Gasteiger partial charge on any atom is -0.506 e. The summed E-state index contributed by atoms with van der Waals surface area (Å²) in [5.41, 5.74) is 10.4. The van der Waals surface area contributed by atoms with Gasteiger partial charge in [0, 0.05) is 24.8 Å². The summed E-state index contributed by atoms with van der Waals surface area (Å²) in [6.45, 7) is 1.73. The van der Waals surface area contributed by atoms with Crippen molar-refractivity contribution in [3.63, 3.8) is 0 Å². The first-order valence-corrected chi connectivity index (χ1v) is 10.6. The molecule has 2 atom stereocenters. The van der Waals surface area contributed by atoms with E-state index in [0.29, 0.717) is 31.6 Å². The summed E-state index contributed by atoms with van der Waals surface area (Å²) in [7, 11) is 0. The highest BCUT2D eigenvalue weighted by molar-refractivity contribution is 5.85. The topological polar surface area (TPSA) is 120 Å². The lowest BCUT2D eigenvalue weighted by atomic mass is 10.1. The molecule has 0 aliphatic heterocycles. The molecule has 1 unspecified atom stereocenters. The molecule has 7 nitrogen and oxygen atoms in total. The highest BCUT2D eigenvalue weighted by Gasteiger charge is 2.10. The monoisotopic (exact) mass is 470 g/mol. The summed E-state index contributed by atoms with van der Waals surface area (Å²) in [5, 5.41) is 29.1. The van der Waals surface area contributed by atoms with Crippen LogP contribution in [0.2, 0.25) is 0 Å². The number of aliphatic hydroxyl groups excluding tert-OH is 1. The molecule has 0 saturated heterocycles. The zero-order valence-corrected chi connectivity index (χ0v) is 19.1. The molecule has 33 heavy (non-hydrogen) atoms. The van der Waals surface area contributed by atoms with E-state index in [1.165, 1.54) is 11.6 Å². The number of nitrogens with two attached hydrogens (primary N) is 1. The van der Waals surface area contributed by atoms with Gasteiger partial charge in [0.15, 0.2) is 0 Å². The number of carbonyl (C=O) groups is 1. The molecule has 1 amide bonds. The second-order valence-corrected chi connectivity index (χ2v) is 7.60. The number of aromatic hydroxyl groups is 1. The summed E-state index contributed by atoms with van der Waals surface area (Å²) in [4.78, 5) is 10.6. The standard InChI is InChI=1S/C25H30N4O3.ClH/c26-22(19-4-2-1-3-5-19)15-28-21-9-6-18(7-10-21)12-13-27-16-25(32)20-8-11-24(31)23(14-20)29-17-30;/h1-11,14,17,22,25,27-28,31-32H,12-13,15-16,26H2,(H,29,30);1H/t22?,25-;/m0./s1. The van der Waals surface area contributed by atoms with Crippen molar-refractivity contribution in [2.45, 2.75) is 18.6 Å². The Kier molecular flexibility index (Phi) is 10.7. The average molecular weight is 471 g/mol. The van der Waals surface area contributed by atoms with Crippen LogP contribution in [0.15, 0.2) is 72.8 Å². The number of phenols is 1. The van der Waals surface area contributed by atoms with Gasteiger partial charge < -0.3 is 31.9 Å². The maximum Gasteiger partial charge on any atom is 0.211 e. The van der Waals surface area contributed by atoms with Gasteiger partial charge in [-0.15, -0.1) is 12.4 Å². The SMILES string of the molecule is Cl.NC(CNc1ccc(CCNC[C@H](O)c2ccc(O)c(NC=O)c2)cc1)c1ccccc1. The molecular formula is C25H31ClN4O3. The van der Waals surface area contributed by atoms with Crippen LogP contribution in [0.1, 0.15) is 28.8 Å². The summed E-state index contributed by atoms with van der Waals surface area (Å²) in [6.07, 6.45) is 0.564. The zero-order chi connectivity index (χ0) is 22.8. The number of rotatable bonds is 12. The smallest absolute Gasteiger partial charge is 0.211 e. The Bertz CT molecular complexity index is 987. The molecule has 0 fully saturated rings. The van der Waals surface area contributed by atoms with Crippen LogP contribution in [0.3, 0.4) is 0 Å². The molecule has 3 rings (SSSR count). The van der Waals surface area contributed by atoms with E-state index >= 15 is 0 Å². The summed E-state index contributed by atoms with van der Waals surface area (Å²) >= 11 is 0. The first-order chi connectivity index (χ1) is 15.6. The zero-order valence-electron chi connectivity index (χ0n) is 18.3. The van der Waals surface area contributed by atoms with Gasteiger partial charge in [0.25, 0.3) is 0 Å². The maximum absolute atomic E-state index is 10.6. The lowest BCUT2D eigenvalue weighted by Gasteiger charge is -2.15. The molecule has 0 saturated carbocycles. The number of hydrogen-bond donors (Lipinski definition) is 6. The predicted octanol–water partition coefficient (Wildman–Crippen LogP) is 3.36. The largest absolute Gasteiger partial charge is 0.506 e. The average Bonchev–Trinajstić information content (AvgIpc) is 2.83. The first kappa shape index (κ1) is 26.2. The normalized spacial score (nSPS) is 12.3. The minimum absolute atomic E-state index is 0. The van der Waals surface area contributed by atoms with E-state index in [2.05, 4.69) is 28.1 Å². The fourth-order valence-electron chi connectivity index (χ4n) is 3.36. The van der Waals surface area contributed by atoms with Crippen molar-refractivity contribution in [1.29, 1.82) is 0 Å². The number of amides is 1. The van der Waals surface area contributed by atoms with E-state index in [1.54, 1.807) is 12.1 Å². The van der Waals surface area contributed by atoms with Gasteiger partial charge >= 0.3 is 0 Å². The van der Waals surface area contributed by atoms with Crippen molar-refractivity contribution in [2.75, 3.05) is 30.3 Å². The van der Waals surface area contributed by atoms with Crippen LogP contribution in [0.25, 0.3) is 0 Å². The minimum atomic E-state index is -0.747. The second kappa shape index (κ2) is 13.4. The number of carbonyl (C=O) groups excluding carboxylic acids is 1. The molecule has 0 aliphatic rings. The van der Waals surface area contributed by atoms with Crippen molar-refractivity contribution in [3.05, 3.63) is 89.5 Å². The highest BCUT2D eigenvalue weighted by Crippen LogP contribution is 2.26. The third-order valence-corrected chi connectivity index (χ3v) is 5.26. The molecule has 0 heterocycles. The van der Waals surface area contributed by atoms with Crippen LogP contribution in [0.4, 0.5) is 11.4 Å². The van der Waals surface area contributed by atoms with E-state index in [1.807, 2.05) is 42.5 Å². The van der Waals surface area contributed by atoms with Crippen LogP contribution in [-0.4, -0.2) is 36.3 Å². The van der Waals surface area contributed by atoms with Crippen LogP contribution in [0, 0.1) is 0 Å². The third kappa shape index (κ3) is 8.07. The van der Waals surface area contributed by atoms with Gasteiger partial charge in [-0.05, 0) is 53.9 Å². The van der Waals surface area contributed by atoms with Crippen molar-refractivity contribution in [1.82, 2.24) is 5.32 Å². The number of anilines is 2. The summed E-state index contributed by atoms with van der Waals surface area (Å²) in [6, 6.07) is 22.8. The maximum atomic E-state index is 10.6. The molecule has 0 aliphatic carbocycles. The van der Waals surface area contributed by atoms with Gasteiger partial charge in [0.2, 0.25) is 6.41 Å². The Hall–Kier alpha value is -3.10. The summed E-state index contributed by atoms with van der Waals surface area (Å²) < 4.78 is 0. The molecule has 3 aromatic rings. The quantitative estimate of drug-likeness (QED) is 0.137. The number of benzene rings is 3. The first-order valence-electron chi connectivity index (χ1n) is 10.6. The molecule has 0 radical (unpaired) electrons. The van der Waals surface area contributed by atoms with E-state index in [0.717, 1.165) is 17.7 Å². The molecule has 8 heteroatoms. The van der Waals surface area contributed by atoms with E-state index in [-0.39, 0.29) is 29.9 Å². The molecule has 0 spiro atoms. The van der Waals surface area contributed by atoms with Gasteiger partial charge in [-0.2, -0.15) is 0 Å². The van der Waals surface area contributed by atoms with Gasteiger partial charge in [-0.3, -0.25) is 4.79 Å². The number of phenolic OH excluding ortho intramolecular Hbond substituents is 1. The van der Waals surface area contributed by atoms with Crippen molar-refractivity contribution in [3.8, 4) is 5.75 Å². The fourth-order valence-corrected chi connectivity index (χ4v) is 3.36. The second-order valence-electron chi connectivity index (χ2n) is 7.60. The van der Waals surface area contributed by atoms with E-state index in [9.17, 15) is 15.0 Å². The molecule has 7 N–H and O–H groups in total. The highest BCUT2D eigenvalue weighted by atomic mass is 35.5. The van der Waals surface area contributed by atoms with Gasteiger partial charge in [0.1, 0.15) is 5.75 Å². The Balaban J connectivity index is 0.00000385. The molecule has 3 aromatic carbocycles. The van der Waals surface area contributed by atoms with Crippen LogP contribution >= 0.6 is 12.4 Å². The number of hydrogen-bond acceptors (Lipinski definition) is 6. The Labute approximate surface area is 200 Å². The van der Waals surface area contributed by atoms with Gasteiger partial charge in [0.05, 0.1) is 11.8 Å². The van der Waals surface area contributed by atoms with Crippen LogP contribution < -0.4 is 21.7 Å². The summed E-state index contributed by atoms with van der Waals surface area (Å²) in [5.74, 6) is -0.0407. The number of halogens is 1. The molecule has 0 aromatic heterocycles. The third-order valence-electron chi connectivity index (χ3n) is 5.26. The van der Waals surface area contributed by atoms with Gasteiger partial charge in [-0.1, -0.05) is 48.5 Å². The fraction of sp³-hybridized carbons (Fsp3) is 0.240. The number of nitrogens with one attached hydrogen (secondary N) is 3. The van der Waals surface area contributed by atoms with E-state index in [4.69, 9.17) is 5.73 Å². The van der Waals surface area contributed by atoms with Gasteiger partial charge in [-0.25, -0.2) is 0 Å². The van der Waals surface area contributed by atoms with E-state index < -0.39 is 6.10 Å². The van der Waals surface area contributed by atoms with Crippen molar-refractivity contribution < 1.29 is 15.0 Å². The lowest BCUT2D eigenvalue weighted by molar-refractivity contribution is -0.105. The van der Waals surface area contributed by atoms with Crippen molar-refractivity contribution in [2.24, 2.45) is 5.73 Å². The Morgan fingerprint density at radius 2 is 1.67 bits per heavy atom. The molecule has 176 valence electrons. The van der Waals surface area contributed by atoms with Crippen LogP contribution in [0.5, 0.6) is 5.75 Å². The molecular weight excluding hydrogens is 440 g/mol. The Morgan fingerprint density at radius 3 is 2.36 bits per heavy atom. The lowest BCUT2D eigenvalue weighted by Crippen LogP contribution is -2.23. The molecule has 0 bridgehead atoms. The van der Waals surface area contributed by atoms with Crippen molar-refractivity contribution >= 4 is 30.2 Å². The Morgan fingerprint density at radius 1 is 0.939 bits per heavy atom. The van der Waals surface area contributed by atoms with Crippen LogP contribution in [-0.2, 0) is 11.2 Å². The number of aliphatic hydroxyl groups is 1.